The molecule has 2 saturated carbocycles. The standard InChI is InChI=1S/C15H26O3/c16-15(17-11-13-7-3-1-4-8-13)18-12-14-9-5-2-6-10-14/h13-14H,1-12H2. The molecule has 0 aliphatic heterocycles. The van der Waals surface area contributed by atoms with Crippen LogP contribution >= 0.6 is 0 Å². The molecule has 0 atom stereocenters. The predicted molar refractivity (Wildman–Crippen MR) is 70.5 cm³/mol. The van der Waals surface area contributed by atoms with E-state index >= 15 is 0 Å². The van der Waals surface area contributed by atoms with Crippen molar-refractivity contribution in [3.63, 3.8) is 0 Å². The highest BCUT2D eigenvalue weighted by molar-refractivity contribution is 5.59. The first-order chi connectivity index (χ1) is 8.84. The van der Waals surface area contributed by atoms with Crippen LogP contribution in [0.2, 0.25) is 0 Å². The Balaban J connectivity index is 1.54. The minimum Gasteiger partial charge on any atom is -0.434 e. The molecule has 2 fully saturated rings. The van der Waals surface area contributed by atoms with Crippen molar-refractivity contribution in [2.45, 2.75) is 64.2 Å². The first-order valence-electron chi connectivity index (χ1n) is 7.64. The first kappa shape index (κ1) is 13.7. The molecule has 0 unspecified atom stereocenters. The lowest BCUT2D eigenvalue weighted by Crippen LogP contribution is -2.20. The monoisotopic (exact) mass is 254 g/mol. The Bertz CT molecular complexity index is 216. The Labute approximate surface area is 110 Å². The maximum Gasteiger partial charge on any atom is 0.508 e. The molecule has 2 aliphatic rings. The van der Waals surface area contributed by atoms with E-state index in [1.54, 1.807) is 0 Å². The molecule has 0 saturated heterocycles. The third-order valence-corrected chi connectivity index (χ3v) is 4.32. The van der Waals surface area contributed by atoms with Gasteiger partial charge in [-0.2, -0.15) is 0 Å². The maximum atomic E-state index is 11.5. The maximum absolute atomic E-state index is 11.5. The zero-order chi connectivity index (χ0) is 12.6. The quantitative estimate of drug-likeness (QED) is 0.702. The smallest absolute Gasteiger partial charge is 0.434 e. The van der Waals surface area contributed by atoms with Crippen molar-refractivity contribution in [3.05, 3.63) is 0 Å². The molecule has 0 N–H and O–H groups in total. The van der Waals surface area contributed by atoms with Crippen LogP contribution in [0.15, 0.2) is 0 Å². The van der Waals surface area contributed by atoms with E-state index in [0.717, 1.165) is 0 Å². The van der Waals surface area contributed by atoms with Crippen LogP contribution in [-0.4, -0.2) is 19.4 Å². The van der Waals surface area contributed by atoms with Crippen LogP contribution in [0.1, 0.15) is 64.2 Å². The van der Waals surface area contributed by atoms with Crippen LogP contribution in [0.3, 0.4) is 0 Å². The van der Waals surface area contributed by atoms with Gasteiger partial charge in [-0.1, -0.05) is 38.5 Å². The van der Waals surface area contributed by atoms with E-state index in [9.17, 15) is 4.79 Å². The summed E-state index contributed by atoms with van der Waals surface area (Å²) in [5, 5.41) is 0. The second-order valence-electron chi connectivity index (χ2n) is 5.88. The summed E-state index contributed by atoms with van der Waals surface area (Å²) in [6.45, 7) is 1.12. The molecule has 0 aromatic carbocycles. The first-order valence-corrected chi connectivity index (χ1v) is 7.64. The normalized spacial score (nSPS) is 22.7. The van der Waals surface area contributed by atoms with E-state index in [1.807, 2.05) is 0 Å². The largest absolute Gasteiger partial charge is 0.508 e. The van der Waals surface area contributed by atoms with E-state index in [0.29, 0.717) is 25.0 Å². The Kier molecular flexibility index (Phi) is 5.82. The highest BCUT2D eigenvalue weighted by Crippen LogP contribution is 2.25. The lowest BCUT2D eigenvalue weighted by molar-refractivity contribution is 0.0270. The van der Waals surface area contributed by atoms with Crippen molar-refractivity contribution in [3.8, 4) is 0 Å². The minimum atomic E-state index is -0.453. The number of hydrogen-bond acceptors (Lipinski definition) is 3. The van der Waals surface area contributed by atoms with Gasteiger partial charge in [-0.3, -0.25) is 0 Å². The summed E-state index contributed by atoms with van der Waals surface area (Å²) < 4.78 is 10.4. The molecule has 2 aliphatic carbocycles. The average Bonchev–Trinajstić information content (AvgIpc) is 2.45. The molecule has 0 amide bonds. The van der Waals surface area contributed by atoms with Gasteiger partial charge in [-0.05, 0) is 37.5 Å². The van der Waals surface area contributed by atoms with E-state index < -0.39 is 6.16 Å². The number of carbonyl (C=O) groups is 1. The fourth-order valence-electron chi connectivity index (χ4n) is 3.12. The molecule has 0 heterocycles. The van der Waals surface area contributed by atoms with Crippen LogP contribution < -0.4 is 0 Å². The number of hydrogen-bond donors (Lipinski definition) is 0. The van der Waals surface area contributed by atoms with Gasteiger partial charge >= 0.3 is 6.16 Å². The van der Waals surface area contributed by atoms with Crippen molar-refractivity contribution in [1.82, 2.24) is 0 Å². The Morgan fingerprint density at radius 1 is 0.722 bits per heavy atom. The van der Waals surface area contributed by atoms with Crippen molar-refractivity contribution in [1.29, 1.82) is 0 Å². The van der Waals surface area contributed by atoms with E-state index in [1.165, 1.54) is 64.2 Å². The number of carbonyl (C=O) groups excluding carboxylic acids is 1. The van der Waals surface area contributed by atoms with Crippen LogP contribution in [0.4, 0.5) is 4.79 Å². The van der Waals surface area contributed by atoms with Crippen LogP contribution in [-0.2, 0) is 9.47 Å². The third kappa shape index (κ3) is 4.87. The summed E-state index contributed by atoms with van der Waals surface area (Å²) in [7, 11) is 0. The van der Waals surface area contributed by atoms with E-state index in [-0.39, 0.29) is 0 Å². The molecule has 0 aromatic rings. The van der Waals surface area contributed by atoms with Gasteiger partial charge in [0.25, 0.3) is 0 Å². The van der Waals surface area contributed by atoms with Crippen molar-refractivity contribution in [2.75, 3.05) is 13.2 Å². The molecule has 0 spiro atoms. The lowest BCUT2D eigenvalue weighted by atomic mass is 9.90. The van der Waals surface area contributed by atoms with Crippen LogP contribution in [0.25, 0.3) is 0 Å². The molecule has 3 heteroatoms. The van der Waals surface area contributed by atoms with E-state index in [4.69, 9.17) is 9.47 Å². The summed E-state index contributed by atoms with van der Waals surface area (Å²) in [5.74, 6) is 1.14. The highest BCUT2D eigenvalue weighted by atomic mass is 16.7. The fraction of sp³-hybridized carbons (Fsp3) is 0.933. The topological polar surface area (TPSA) is 35.5 Å². The Morgan fingerprint density at radius 3 is 1.50 bits per heavy atom. The van der Waals surface area contributed by atoms with Crippen LogP contribution in [0, 0.1) is 11.8 Å². The second-order valence-corrected chi connectivity index (χ2v) is 5.88. The molecule has 18 heavy (non-hydrogen) atoms. The molecule has 0 radical (unpaired) electrons. The zero-order valence-electron chi connectivity index (χ0n) is 11.4. The summed E-state index contributed by atoms with van der Waals surface area (Å²) in [4.78, 5) is 11.5. The van der Waals surface area contributed by atoms with Crippen molar-refractivity contribution in [2.24, 2.45) is 11.8 Å². The van der Waals surface area contributed by atoms with Crippen molar-refractivity contribution < 1.29 is 14.3 Å². The number of rotatable bonds is 4. The minimum absolute atomic E-state index is 0.453. The zero-order valence-corrected chi connectivity index (χ0v) is 11.4. The SMILES string of the molecule is O=C(OCC1CCCCC1)OCC1CCCCC1. The van der Waals surface area contributed by atoms with Gasteiger partial charge in [0.15, 0.2) is 0 Å². The molecule has 104 valence electrons. The van der Waals surface area contributed by atoms with Gasteiger partial charge in [-0.15, -0.1) is 0 Å². The molecule has 0 bridgehead atoms. The highest BCUT2D eigenvalue weighted by Gasteiger charge is 2.18. The Hall–Kier alpha value is -0.730. The van der Waals surface area contributed by atoms with Gasteiger partial charge in [0.1, 0.15) is 0 Å². The van der Waals surface area contributed by atoms with Crippen molar-refractivity contribution >= 4 is 6.16 Å². The Morgan fingerprint density at radius 2 is 1.11 bits per heavy atom. The van der Waals surface area contributed by atoms with Crippen LogP contribution in [0.5, 0.6) is 0 Å². The molecular formula is C15H26O3. The molecular weight excluding hydrogens is 228 g/mol. The van der Waals surface area contributed by atoms with Gasteiger partial charge < -0.3 is 9.47 Å². The van der Waals surface area contributed by atoms with Gasteiger partial charge in [0.2, 0.25) is 0 Å². The summed E-state index contributed by atoms with van der Waals surface area (Å²) in [6, 6.07) is 0. The lowest BCUT2D eigenvalue weighted by Gasteiger charge is -2.22. The molecule has 0 aromatic heterocycles. The summed E-state index contributed by atoms with van der Waals surface area (Å²) in [6.07, 6.45) is 12.2. The molecule has 3 nitrogen and oxygen atoms in total. The van der Waals surface area contributed by atoms with Gasteiger partial charge in [-0.25, -0.2) is 4.79 Å². The second kappa shape index (κ2) is 7.65. The average molecular weight is 254 g/mol. The fourth-order valence-corrected chi connectivity index (χ4v) is 3.12. The third-order valence-electron chi connectivity index (χ3n) is 4.32. The van der Waals surface area contributed by atoms with Gasteiger partial charge in [0.05, 0.1) is 13.2 Å². The van der Waals surface area contributed by atoms with Gasteiger partial charge in [0, 0.05) is 0 Å². The van der Waals surface area contributed by atoms with E-state index in [2.05, 4.69) is 0 Å². The molecule has 2 rings (SSSR count). The summed E-state index contributed by atoms with van der Waals surface area (Å²) in [5.41, 5.74) is 0. The summed E-state index contributed by atoms with van der Waals surface area (Å²) >= 11 is 0. The number of ether oxygens (including phenoxy) is 2. The predicted octanol–water partition coefficient (Wildman–Crippen LogP) is 4.30.